The Morgan fingerprint density at radius 1 is 0.861 bits per heavy atom. The fourth-order valence-electron chi connectivity index (χ4n) is 3.68. The molecule has 1 aliphatic carbocycles. The monoisotopic (exact) mass is 527 g/mol. The molecule has 2 rings (SSSR count). The highest BCUT2D eigenvalue weighted by Crippen LogP contribution is 2.39. The van der Waals surface area contributed by atoms with Crippen molar-refractivity contribution in [3.05, 3.63) is 16.0 Å². The zero-order valence-corrected chi connectivity index (χ0v) is 21.5. The van der Waals surface area contributed by atoms with Crippen LogP contribution in [0.4, 0.5) is 5.00 Å². The molecule has 0 fully saturated rings. The van der Waals surface area contributed by atoms with Gasteiger partial charge in [-0.25, -0.2) is 4.79 Å². The van der Waals surface area contributed by atoms with E-state index in [1.807, 2.05) is 0 Å². The fourth-order valence-corrected chi connectivity index (χ4v) is 4.96. The molecule has 12 nitrogen and oxygen atoms in total. The van der Waals surface area contributed by atoms with Gasteiger partial charge in [-0.2, -0.15) is 0 Å². The summed E-state index contributed by atoms with van der Waals surface area (Å²) >= 11 is 1.19. The number of thiophene rings is 1. The number of esters is 5. The molecule has 0 saturated heterocycles. The molecule has 0 radical (unpaired) electrons. The number of ether oxygens (including phenoxy) is 5. The predicted molar refractivity (Wildman–Crippen MR) is 124 cm³/mol. The molecule has 198 valence electrons. The van der Waals surface area contributed by atoms with Gasteiger partial charge in [0, 0.05) is 32.6 Å². The Kier molecular flexibility index (Phi) is 10.4. The summed E-state index contributed by atoms with van der Waals surface area (Å²) in [5.74, 6) is -4.91. The molecule has 13 heteroatoms. The first-order chi connectivity index (χ1) is 16.9. The van der Waals surface area contributed by atoms with Gasteiger partial charge in [-0.1, -0.05) is 0 Å². The van der Waals surface area contributed by atoms with Gasteiger partial charge >= 0.3 is 29.8 Å². The van der Waals surface area contributed by atoms with Gasteiger partial charge in [0.1, 0.15) is 11.6 Å². The van der Waals surface area contributed by atoms with Crippen molar-refractivity contribution in [1.29, 1.82) is 0 Å². The van der Waals surface area contributed by atoms with E-state index >= 15 is 0 Å². The average Bonchev–Trinajstić information content (AvgIpc) is 3.33. The van der Waals surface area contributed by atoms with Crippen LogP contribution in [-0.4, -0.2) is 67.3 Å². The van der Waals surface area contributed by atoms with Gasteiger partial charge in [0.25, 0.3) is 5.91 Å². The van der Waals surface area contributed by atoms with E-state index in [0.717, 1.165) is 51.0 Å². The maximum atomic E-state index is 13.4. The second-order valence-corrected chi connectivity index (χ2v) is 8.93. The molecule has 1 heterocycles. The van der Waals surface area contributed by atoms with Crippen LogP contribution in [0.2, 0.25) is 0 Å². The summed E-state index contributed by atoms with van der Waals surface area (Å²) in [5, 5.41) is 2.76. The van der Waals surface area contributed by atoms with Crippen molar-refractivity contribution in [2.24, 2.45) is 0 Å². The van der Waals surface area contributed by atoms with Crippen LogP contribution in [-0.2, 0) is 60.5 Å². The molecule has 1 amide bonds. The second-order valence-electron chi connectivity index (χ2n) is 7.83. The summed E-state index contributed by atoms with van der Waals surface area (Å²) in [6.07, 6.45) is -2.76. The van der Waals surface area contributed by atoms with Gasteiger partial charge in [-0.3, -0.25) is 24.0 Å². The number of hydrogen-bond acceptors (Lipinski definition) is 12. The molecule has 0 spiro atoms. The fraction of sp³-hybridized carbons (Fsp3) is 0.565. The molecule has 1 N–H and O–H groups in total. The molecule has 0 saturated carbocycles. The highest BCUT2D eigenvalue weighted by molar-refractivity contribution is 7.17. The van der Waals surface area contributed by atoms with Gasteiger partial charge in [0.2, 0.25) is 6.10 Å². The molecule has 1 aliphatic rings. The standard InChI is InChI=1S/C23H29NO11S/c1-6-31-23(30)18-15-8-7-9-17(15)36-22(18)24-21(29)20(35-14(5)28)19(34-13(4)27)16(33-12(3)26)10-32-11(2)25/h16,19-20H,6-10H2,1-5H3,(H,24,29)/t16-,19-,20+/m0/s1. The quantitative estimate of drug-likeness (QED) is 0.329. The van der Waals surface area contributed by atoms with Crippen molar-refractivity contribution in [1.82, 2.24) is 0 Å². The molecule has 0 aromatic carbocycles. The first kappa shape index (κ1) is 28.8. The van der Waals surface area contributed by atoms with Gasteiger partial charge < -0.3 is 29.0 Å². The van der Waals surface area contributed by atoms with Crippen LogP contribution in [0.3, 0.4) is 0 Å². The molecular weight excluding hydrogens is 498 g/mol. The molecule has 1 aromatic rings. The minimum Gasteiger partial charge on any atom is -0.462 e. The van der Waals surface area contributed by atoms with E-state index in [-0.39, 0.29) is 17.2 Å². The number of amides is 1. The third-order valence-electron chi connectivity index (χ3n) is 4.92. The third kappa shape index (κ3) is 7.77. The Hall–Kier alpha value is -3.48. The Bertz CT molecular complexity index is 1030. The van der Waals surface area contributed by atoms with Gasteiger partial charge in [0.05, 0.1) is 12.2 Å². The Labute approximate surface area is 211 Å². The molecule has 0 bridgehead atoms. The van der Waals surface area contributed by atoms with Crippen molar-refractivity contribution < 1.29 is 52.5 Å². The van der Waals surface area contributed by atoms with Crippen LogP contribution in [0, 0.1) is 0 Å². The highest BCUT2D eigenvalue weighted by Gasteiger charge is 2.43. The first-order valence-corrected chi connectivity index (χ1v) is 12.0. The second kappa shape index (κ2) is 13.0. The van der Waals surface area contributed by atoms with Gasteiger partial charge in [-0.15, -0.1) is 11.3 Å². The van der Waals surface area contributed by atoms with E-state index < -0.39 is 60.7 Å². The number of hydrogen-bond donors (Lipinski definition) is 1. The number of nitrogens with one attached hydrogen (secondary N) is 1. The lowest BCUT2D eigenvalue weighted by molar-refractivity contribution is -0.190. The largest absolute Gasteiger partial charge is 0.462 e. The number of anilines is 1. The predicted octanol–water partition coefficient (Wildman–Crippen LogP) is 1.71. The van der Waals surface area contributed by atoms with E-state index in [4.69, 9.17) is 23.7 Å². The summed E-state index contributed by atoms with van der Waals surface area (Å²) in [6, 6.07) is 0. The lowest BCUT2D eigenvalue weighted by atomic mass is 10.1. The smallest absolute Gasteiger partial charge is 0.341 e. The van der Waals surface area contributed by atoms with Crippen LogP contribution in [0.5, 0.6) is 0 Å². The van der Waals surface area contributed by atoms with E-state index in [1.54, 1.807) is 6.92 Å². The van der Waals surface area contributed by atoms with E-state index in [9.17, 15) is 28.8 Å². The number of fused-ring (bicyclic) bond motifs is 1. The first-order valence-electron chi connectivity index (χ1n) is 11.2. The Morgan fingerprint density at radius 3 is 2.06 bits per heavy atom. The lowest BCUT2D eigenvalue weighted by Gasteiger charge is -2.30. The van der Waals surface area contributed by atoms with Crippen molar-refractivity contribution in [2.45, 2.75) is 72.2 Å². The highest BCUT2D eigenvalue weighted by atomic mass is 32.1. The summed E-state index contributed by atoms with van der Waals surface area (Å²) in [6.45, 7) is 5.43. The average molecular weight is 528 g/mol. The minimum absolute atomic E-state index is 0.127. The zero-order valence-electron chi connectivity index (χ0n) is 20.7. The summed E-state index contributed by atoms with van der Waals surface area (Å²) < 4.78 is 25.6. The van der Waals surface area contributed by atoms with Crippen LogP contribution < -0.4 is 5.32 Å². The van der Waals surface area contributed by atoms with Crippen LogP contribution >= 0.6 is 11.3 Å². The van der Waals surface area contributed by atoms with Crippen molar-refractivity contribution in [3.8, 4) is 0 Å². The van der Waals surface area contributed by atoms with Gasteiger partial charge in [0.15, 0.2) is 12.2 Å². The van der Waals surface area contributed by atoms with Crippen LogP contribution in [0.1, 0.15) is 61.8 Å². The zero-order chi connectivity index (χ0) is 27.0. The Morgan fingerprint density at radius 2 is 1.50 bits per heavy atom. The maximum Gasteiger partial charge on any atom is 0.341 e. The molecule has 0 unspecified atom stereocenters. The normalized spacial score (nSPS) is 14.5. The van der Waals surface area contributed by atoms with Crippen LogP contribution in [0.15, 0.2) is 0 Å². The van der Waals surface area contributed by atoms with Crippen LogP contribution in [0.25, 0.3) is 0 Å². The summed E-state index contributed by atoms with van der Waals surface area (Å²) in [4.78, 5) is 73.7. The summed E-state index contributed by atoms with van der Waals surface area (Å²) in [5.41, 5.74) is 0.992. The summed E-state index contributed by atoms with van der Waals surface area (Å²) in [7, 11) is 0. The SMILES string of the molecule is CCOC(=O)c1c(NC(=O)[C@H](OC(C)=O)[C@@H](OC(C)=O)[C@H](COC(C)=O)OC(C)=O)sc2c1CCC2. The third-order valence-corrected chi connectivity index (χ3v) is 6.13. The number of carbonyl (C=O) groups is 6. The lowest BCUT2D eigenvalue weighted by Crippen LogP contribution is -2.52. The maximum absolute atomic E-state index is 13.4. The van der Waals surface area contributed by atoms with E-state index in [0.29, 0.717) is 6.42 Å². The number of aryl methyl sites for hydroxylation is 1. The molecule has 3 atom stereocenters. The Balaban J connectivity index is 2.46. The van der Waals surface area contributed by atoms with E-state index in [2.05, 4.69) is 5.32 Å². The van der Waals surface area contributed by atoms with E-state index in [1.165, 1.54) is 11.3 Å². The molecule has 36 heavy (non-hydrogen) atoms. The number of rotatable bonds is 11. The molecule has 0 aliphatic heterocycles. The van der Waals surface area contributed by atoms with Gasteiger partial charge in [-0.05, 0) is 31.7 Å². The molecule has 1 aromatic heterocycles. The topological polar surface area (TPSA) is 161 Å². The molecular formula is C23H29NO11S. The minimum atomic E-state index is -1.82. The van der Waals surface area contributed by atoms with Crippen molar-refractivity contribution in [3.63, 3.8) is 0 Å². The number of carbonyl (C=O) groups excluding carboxylic acids is 6. The van der Waals surface area contributed by atoms with Crippen molar-refractivity contribution in [2.75, 3.05) is 18.5 Å². The van der Waals surface area contributed by atoms with Crippen molar-refractivity contribution >= 4 is 52.1 Å².